The molecule has 1 aliphatic heterocycles. The highest BCUT2D eigenvalue weighted by Crippen LogP contribution is 2.36. The van der Waals surface area contributed by atoms with Gasteiger partial charge in [-0.15, -0.1) is 12.4 Å². The van der Waals surface area contributed by atoms with Crippen LogP contribution in [0.4, 0.5) is 0 Å². The molecule has 0 bridgehead atoms. The van der Waals surface area contributed by atoms with Crippen LogP contribution in [-0.4, -0.2) is 66.8 Å². The fraction of sp³-hybridized carbons (Fsp3) is 0.611. The normalized spacial score (nSPS) is 18.6. The average molecular weight is 500 g/mol. The lowest BCUT2D eigenvalue weighted by Crippen LogP contribution is -2.39. The minimum atomic E-state index is -0.251. The van der Waals surface area contributed by atoms with Crippen molar-refractivity contribution in [2.24, 2.45) is 0 Å². The van der Waals surface area contributed by atoms with Crippen LogP contribution in [0.5, 0.6) is 17.2 Å². The summed E-state index contributed by atoms with van der Waals surface area (Å²) in [5.41, 5.74) is 0.448. The Kier molecular flexibility index (Phi) is 9.99. The van der Waals surface area contributed by atoms with E-state index in [4.69, 9.17) is 14.2 Å². The van der Waals surface area contributed by atoms with E-state index in [1.165, 1.54) is 14.2 Å². The zero-order valence-corrected chi connectivity index (χ0v) is 18.3. The van der Waals surface area contributed by atoms with E-state index in [1.54, 1.807) is 19.2 Å². The Morgan fingerprint density at radius 1 is 1.27 bits per heavy atom. The molecule has 2 unspecified atom stereocenters. The molecule has 1 heterocycles. The molecule has 0 amide bonds. The number of nitrogens with zero attached hydrogens (tertiary/aromatic N) is 1. The van der Waals surface area contributed by atoms with Crippen LogP contribution in [-0.2, 0) is 0 Å². The van der Waals surface area contributed by atoms with Gasteiger partial charge in [0.05, 0.1) is 31.4 Å². The van der Waals surface area contributed by atoms with E-state index in [0.717, 1.165) is 25.9 Å². The predicted molar refractivity (Wildman–Crippen MR) is 112 cm³/mol. The molecule has 0 aliphatic carbocycles. The van der Waals surface area contributed by atoms with Crippen molar-refractivity contribution in [3.05, 3.63) is 17.7 Å². The SMILES string of the molecule is COc1cc(OC)c(C(=O)C(I)CCN2CCCC(O)C2)c(OC)c1.Cl. The third kappa shape index (κ3) is 5.87. The second-order valence-corrected chi connectivity index (χ2v) is 7.63. The first kappa shape index (κ1) is 23.3. The molecule has 0 aromatic heterocycles. The number of likely N-dealkylation sites (tertiary alicyclic amines) is 1. The predicted octanol–water partition coefficient (Wildman–Crippen LogP) is 2.97. The number of alkyl halides is 1. The Balaban J connectivity index is 0.00000338. The van der Waals surface area contributed by atoms with Gasteiger partial charge < -0.3 is 24.2 Å². The van der Waals surface area contributed by atoms with Gasteiger partial charge in [0.25, 0.3) is 0 Å². The molecule has 1 aromatic carbocycles. The van der Waals surface area contributed by atoms with Crippen molar-refractivity contribution in [1.82, 2.24) is 4.90 Å². The number of halogens is 2. The number of β-amino-alcohol motifs (C(OH)–C–C–N with tert-alkyl or cyclic N) is 1. The molecule has 1 N–H and O–H groups in total. The molecule has 2 rings (SSSR count). The third-order valence-corrected chi connectivity index (χ3v) is 5.61. The van der Waals surface area contributed by atoms with Crippen molar-refractivity contribution in [2.45, 2.75) is 29.3 Å². The minimum absolute atomic E-state index is 0. The van der Waals surface area contributed by atoms with Crippen LogP contribution in [0.15, 0.2) is 12.1 Å². The Bertz CT molecular complexity index is 576. The van der Waals surface area contributed by atoms with Gasteiger partial charge in [-0.25, -0.2) is 0 Å². The maximum atomic E-state index is 13.0. The highest BCUT2D eigenvalue weighted by atomic mass is 127. The lowest BCUT2D eigenvalue weighted by Gasteiger charge is -2.30. The molecule has 148 valence electrons. The van der Waals surface area contributed by atoms with Gasteiger partial charge in [0.15, 0.2) is 5.78 Å². The summed E-state index contributed by atoms with van der Waals surface area (Å²) < 4.78 is 15.8. The number of ketones is 1. The van der Waals surface area contributed by atoms with Crippen LogP contribution in [0.25, 0.3) is 0 Å². The van der Waals surface area contributed by atoms with Crippen LogP contribution in [0.2, 0.25) is 0 Å². The number of aliphatic hydroxyl groups is 1. The van der Waals surface area contributed by atoms with E-state index in [2.05, 4.69) is 27.5 Å². The van der Waals surface area contributed by atoms with Gasteiger partial charge in [0.1, 0.15) is 22.8 Å². The monoisotopic (exact) mass is 499 g/mol. The largest absolute Gasteiger partial charge is 0.496 e. The highest BCUT2D eigenvalue weighted by Gasteiger charge is 2.27. The first-order valence-corrected chi connectivity index (χ1v) is 9.63. The minimum Gasteiger partial charge on any atom is -0.496 e. The number of hydrogen-bond donors (Lipinski definition) is 1. The number of carbonyl (C=O) groups is 1. The van der Waals surface area contributed by atoms with Crippen LogP contribution < -0.4 is 14.2 Å². The summed E-state index contributed by atoms with van der Waals surface area (Å²) in [6.45, 7) is 2.45. The molecular weight excluding hydrogens is 473 g/mol. The molecular formula is C18H27ClINO5. The topological polar surface area (TPSA) is 68.2 Å². The second kappa shape index (κ2) is 11.2. The Labute approximate surface area is 174 Å². The Morgan fingerprint density at radius 3 is 2.38 bits per heavy atom. The van der Waals surface area contributed by atoms with E-state index in [1.807, 2.05) is 0 Å². The first-order valence-electron chi connectivity index (χ1n) is 8.38. The Hall–Kier alpha value is -0.770. The first-order chi connectivity index (χ1) is 12.0. The average Bonchev–Trinajstić information content (AvgIpc) is 2.64. The number of ether oxygens (including phenoxy) is 3. The number of methoxy groups -OCH3 is 3. The maximum absolute atomic E-state index is 13.0. The number of carbonyl (C=O) groups excluding carboxylic acids is 1. The molecule has 8 heteroatoms. The van der Waals surface area contributed by atoms with Gasteiger partial charge in [-0.3, -0.25) is 4.79 Å². The van der Waals surface area contributed by atoms with Gasteiger partial charge in [0, 0.05) is 18.7 Å². The smallest absolute Gasteiger partial charge is 0.183 e. The van der Waals surface area contributed by atoms with Gasteiger partial charge in [-0.2, -0.15) is 0 Å². The van der Waals surface area contributed by atoms with Crippen LogP contribution >= 0.6 is 35.0 Å². The van der Waals surface area contributed by atoms with Crippen LogP contribution in [0, 0.1) is 0 Å². The lowest BCUT2D eigenvalue weighted by atomic mass is 10.0. The number of Topliss-reactive ketones (excluding diaryl/α,β-unsaturated/α-hetero) is 1. The standard InChI is InChI=1S/C18H26INO5.ClH/c1-23-13-9-15(24-2)17(16(10-13)25-3)18(22)14(19)6-8-20-7-4-5-12(21)11-20;/h9-10,12,14,21H,4-8,11H2,1-3H3;1H. The van der Waals surface area contributed by atoms with E-state index >= 15 is 0 Å². The summed E-state index contributed by atoms with van der Waals surface area (Å²) >= 11 is 2.18. The second-order valence-electron chi connectivity index (χ2n) is 6.12. The summed E-state index contributed by atoms with van der Waals surface area (Å²) in [7, 11) is 4.62. The zero-order valence-electron chi connectivity index (χ0n) is 15.4. The van der Waals surface area contributed by atoms with Crippen molar-refractivity contribution >= 4 is 40.8 Å². The molecule has 1 saturated heterocycles. The molecule has 1 aliphatic rings. The zero-order chi connectivity index (χ0) is 18.4. The summed E-state index contributed by atoms with van der Waals surface area (Å²) in [4.78, 5) is 15.2. The molecule has 1 aromatic rings. The van der Waals surface area contributed by atoms with Gasteiger partial charge in [0.2, 0.25) is 0 Å². The van der Waals surface area contributed by atoms with Gasteiger partial charge in [-0.05, 0) is 32.4 Å². The summed E-state index contributed by atoms with van der Waals surface area (Å²) in [5, 5.41) is 9.76. The molecule has 0 radical (unpaired) electrons. The number of rotatable bonds is 8. The molecule has 26 heavy (non-hydrogen) atoms. The van der Waals surface area contributed by atoms with E-state index in [0.29, 0.717) is 35.8 Å². The highest BCUT2D eigenvalue weighted by molar-refractivity contribution is 14.1. The number of aliphatic hydroxyl groups excluding tert-OH is 1. The van der Waals surface area contributed by atoms with E-state index in [9.17, 15) is 9.90 Å². The molecule has 1 fully saturated rings. The fourth-order valence-corrected chi connectivity index (χ4v) is 3.66. The van der Waals surface area contributed by atoms with Crippen molar-refractivity contribution in [3.8, 4) is 17.2 Å². The molecule has 0 spiro atoms. The van der Waals surface area contributed by atoms with Crippen molar-refractivity contribution < 1.29 is 24.1 Å². The summed E-state index contributed by atoms with van der Waals surface area (Å²) in [6, 6.07) is 3.39. The molecule has 2 atom stereocenters. The van der Waals surface area contributed by atoms with Crippen molar-refractivity contribution in [2.75, 3.05) is 41.0 Å². The van der Waals surface area contributed by atoms with Crippen molar-refractivity contribution in [3.63, 3.8) is 0 Å². The van der Waals surface area contributed by atoms with E-state index in [-0.39, 0.29) is 28.2 Å². The van der Waals surface area contributed by atoms with Crippen LogP contribution in [0.1, 0.15) is 29.6 Å². The molecule has 6 nitrogen and oxygen atoms in total. The van der Waals surface area contributed by atoms with Gasteiger partial charge in [-0.1, -0.05) is 22.6 Å². The fourth-order valence-electron chi connectivity index (χ4n) is 3.07. The number of piperidine rings is 1. The Morgan fingerprint density at radius 2 is 1.88 bits per heavy atom. The number of benzene rings is 1. The third-order valence-electron chi connectivity index (χ3n) is 4.43. The maximum Gasteiger partial charge on any atom is 0.183 e. The summed E-state index contributed by atoms with van der Waals surface area (Å²) in [5.74, 6) is 1.47. The lowest BCUT2D eigenvalue weighted by molar-refractivity contribution is 0.0697. The molecule has 0 saturated carbocycles. The van der Waals surface area contributed by atoms with E-state index < -0.39 is 0 Å². The van der Waals surface area contributed by atoms with Gasteiger partial charge >= 0.3 is 0 Å². The van der Waals surface area contributed by atoms with Crippen molar-refractivity contribution in [1.29, 1.82) is 0 Å². The van der Waals surface area contributed by atoms with Crippen LogP contribution in [0.3, 0.4) is 0 Å². The number of hydrogen-bond acceptors (Lipinski definition) is 6. The quantitative estimate of drug-likeness (QED) is 0.337. The summed E-state index contributed by atoms with van der Waals surface area (Å²) in [6.07, 6.45) is 2.33.